The number of likely N-dealkylation sites (N-methyl/N-ethyl adjacent to an activating group) is 2. The smallest absolute Gasteiger partial charge is 0.246 e. The van der Waals surface area contributed by atoms with Crippen LogP contribution in [0.2, 0.25) is 0 Å². The van der Waals surface area contributed by atoms with Gasteiger partial charge in [0.15, 0.2) is 0 Å². The number of carbonyl (C=O) groups is 2. The van der Waals surface area contributed by atoms with E-state index in [4.69, 9.17) is 0 Å². The molecule has 8 nitrogen and oxygen atoms in total. The first-order chi connectivity index (χ1) is 11.0. The van der Waals surface area contributed by atoms with E-state index in [0.717, 1.165) is 12.0 Å². The van der Waals surface area contributed by atoms with E-state index in [-0.39, 0.29) is 24.9 Å². The van der Waals surface area contributed by atoms with Gasteiger partial charge in [0.2, 0.25) is 17.6 Å². The zero-order valence-corrected chi connectivity index (χ0v) is 13.5. The molecule has 2 aromatic rings. The second-order valence-corrected chi connectivity index (χ2v) is 5.12. The maximum Gasteiger partial charge on any atom is 0.246 e. The fraction of sp³-hybridized carbons (Fsp3) is 0.400. The average Bonchev–Trinajstić information content (AvgIpc) is 3.03. The first-order valence-corrected chi connectivity index (χ1v) is 7.35. The zero-order valence-electron chi connectivity index (χ0n) is 13.5. The molecule has 0 saturated heterocycles. The molecule has 0 fully saturated rings. The Morgan fingerprint density at radius 1 is 1.26 bits per heavy atom. The summed E-state index contributed by atoms with van der Waals surface area (Å²) in [5.74, 6) is -0.0302. The lowest BCUT2D eigenvalue weighted by atomic mass is 10.1. The van der Waals surface area contributed by atoms with Crippen molar-refractivity contribution in [3.05, 3.63) is 29.8 Å². The Morgan fingerprint density at radius 3 is 2.57 bits per heavy atom. The van der Waals surface area contributed by atoms with E-state index in [1.807, 2.05) is 24.3 Å². The summed E-state index contributed by atoms with van der Waals surface area (Å²) in [4.78, 5) is 25.8. The SMILES string of the molecule is CCc1ccc(-c2nnn(CC(=O)N(C)CC(=O)NC)n2)cc1. The van der Waals surface area contributed by atoms with Crippen molar-refractivity contribution < 1.29 is 9.59 Å². The van der Waals surface area contributed by atoms with Gasteiger partial charge in [0.25, 0.3) is 0 Å². The number of aryl methyl sites for hydroxylation is 1. The number of benzene rings is 1. The summed E-state index contributed by atoms with van der Waals surface area (Å²) < 4.78 is 0. The van der Waals surface area contributed by atoms with Gasteiger partial charge < -0.3 is 10.2 Å². The molecule has 0 radical (unpaired) electrons. The van der Waals surface area contributed by atoms with Crippen LogP contribution in [-0.2, 0) is 22.6 Å². The van der Waals surface area contributed by atoms with Gasteiger partial charge in [-0.15, -0.1) is 10.2 Å². The van der Waals surface area contributed by atoms with Crippen molar-refractivity contribution in [3.63, 3.8) is 0 Å². The topological polar surface area (TPSA) is 93.0 Å². The summed E-state index contributed by atoms with van der Waals surface area (Å²) >= 11 is 0. The largest absolute Gasteiger partial charge is 0.358 e. The maximum atomic E-state index is 12.0. The van der Waals surface area contributed by atoms with Gasteiger partial charge in [0.1, 0.15) is 6.54 Å². The molecule has 0 unspecified atom stereocenters. The molecule has 0 aliphatic carbocycles. The third kappa shape index (κ3) is 4.35. The van der Waals surface area contributed by atoms with E-state index in [1.165, 1.54) is 22.3 Å². The molecule has 0 aliphatic rings. The zero-order chi connectivity index (χ0) is 16.8. The van der Waals surface area contributed by atoms with Crippen molar-refractivity contribution in [2.45, 2.75) is 19.9 Å². The molecule has 1 heterocycles. The Balaban J connectivity index is 2.01. The Kier molecular flexibility index (Phi) is 5.40. The van der Waals surface area contributed by atoms with Crippen LogP contribution in [0, 0.1) is 0 Å². The minimum Gasteiger partial charge on any atom is -0.358 e. The van der Waals surface area contributed by atoms with Crippen LogP contribution >= 0.6 is 0 Å². The van der Waals surface area contributed by atoms with E-state index in [0.29, 0.717) is 5.82 Å². The lowest BCUT2D eigenvalue weighted by Crippen LogP contribution is -2.38. The fourth-order valence-electron chi connectivity index (χ4n) is 1.94. The van der Waals surface area contributed by atoms with Gasteiger partial charge in [0.05, 0.1) is 6.54 Å². The van der Waals surface area contributed by atoms with Crippen LogP contribution in [0.5, 0.6) is 0 Å². The number of hydrogen-bond donors (Lipinski definition) is 1. The van der Waals surface area contributed by atoms with Crippen molar-refractivity contribution in [3.8, 4) is 11.4 Å². The molecule has 122 valence electrons. The van der Waals surface area contributed by atoms with Crippen LogP contribution < -0.4 is 5.32 Å². The molecule has 1 aromatic heterocycles. The van der Waals surface area contributed by atoms with Crippen LogP contribution in [0.3, 0.4) is 0 Å². The van der Waals surface area contributed by atoms with Gasteiger partial charge in [0, 0.05) is 19.7 Å². The van der Waals surface area contributed by atoms with Crippen LogP contribution in [0.4, 0.5) is 0 Å². The number of nitrogens with one attached hydrogen (secondary N) is 1. The minimum absolute atomic E-state index is 0.00460. The van der Waals surface area contributed by atoms with Crippen LogP contribution in [0.1, 0.15) is 12.5 Å². The molecule has 0 saturated carbocycles. The molecule has 0 aliphatic heterocycles. The second kappa shape index (κ2) is 7.48. The van der Waals surface area contributed by atoms with Crippen LogP contribution in [0.15, 0.2) is 24.3 Å². The molecular formula is C15H20N6O2. The molecule has 1 aromatic carbocycles. The summed E-state index contributed by atoms with van der Waals surface area (Å²) in [7, 11) is 3.08. The highest BCUT2D eigenvalue weighted by molar-refractivity contribution is 5.84. The number of nitrogens with zero attached hydrogens (tertiary/aromatic N) is 5. The predicted molar refractivity (Wildman–Crippen MR) is 84.3 cm³/mol. The van der Waals surface area contributed by atoms with Gasteiger partial charge in [-0.2, -0.15) is 4.80 Å². The van der Waals surface area contributed by atoms with Crippen molar-refractivity contribution in [1.82, 2.24) is 30.4 Å². The van der Waals surface area contributed by atoms with Gasteiger partial charge >= 0.3 is 0 Å². The first kappa shape index (κ1) is 16.6. The average molecular weight is 316 g/mol. The molecule has 2 rings (SSSR count). The number of amides is 2. The number of rotatable bonds is 6. The van der Waals surface area contributed by atoms with E-state index in [9.17, 15) is 9.59 Å². The van der Waals surface area contributed by atoms with E-state index in [1.54, 1.807) is 7.05 Å². The number of tetrazole rings is 1. The maximum absolute atomic E-state index is 12.0. The highest BCUT2D eigenvalue weighted by Gasteiger charge is 2.15. The van der Waals surface area contributed by atoms with Crippen molar-refractivity contribution >= 4 is 11.8 Å². The lowest BCUT2D eigenvalue weighted by molar-refractivity contribution is -0.135. The molecule has 23 heavy (non-hydrogen) atoms. The third-order valence-corrected chi connectivity index (χ3v) is 3.44. The fourth-order valence-corrected chi connectivity index (χ4v) is 1.94. The molecule has 0 spiro atoms. The van der Waals surface area contributed by atoms with Crippen molar-refractivity contribution in [1.29, 1.82) is 0 Å². The highest BCUT2D eigenvalue weighted by Crippen LogP contribution is 2.14. The quantitative estimate of drug-likeness (QED) is 0.816. The van der Waals surface area contributed by atoms with E-state index >= 15 is 0 Å². The van der Waals surface area contributed by atoms with E-state index < -0.39 is 0 Å². The van der Waals surface area contributed by atoms with Crippen LogP contribution in [0.25, 0.3) is 11.4 Å². The van der Waals surface area contributed by atoms with Gasteiger partial charge in [-0.1, -0.05) is 31.2 Å². The normalized spacial score (nSPS) is 10.4. The van der Waals surface area contributed by atoms with E-state index in [2.05, 4.69) is 27.7 Å². The highest BCUT2D eigenvalue weighted by atomic mass is 16.2. The van der Waals surface area contributed by atoms with Crippen LogP contribution in [-0.4, -0.2) is 57.6 Å². The predicted octanol–water partition coefficient (Wildman–Crippen LogP) is 0.107. The number of aromatic nitrogens is 4. The summed E-state index contributed by atoms with van der Waals surface area (Å²) in [5, 5.41) is 14.5. The molecular weight excluding hydrogens is 296 g/mol. The Morgan fingerprint density at radius 2 is 1.96 bits per heavy atom. The first-order valence-electron chi connectivity index (χ1n) is 7.35. The summed E-state index contributed by atoms with van der Waals surface area (Å²) in [6.45, 7) is 2.02. The Labute approximate surface area is 134 Å². The van der Waals surface area contributed by atoms with Gasteiger partial charge in [-0.25, -0.2) is 0 Å². The molecule has 1 N–H and O–H groups in total. The molecule has 0 atom stereocenters. The van der Waals surface area contributed by atoms with Gasteiger partial charge in [-0.3, -0.25) is 9.59 Å². The van der Waals surface area contributed by atoms with Crippen molar-refractivity contribution in [2.75, 3.05) is 20.6 Å². The summed E-state index contributed by atoms with van der Waals surface area (Å²) in [5.41, 5.74) is 2.08. The molecule has 2 amide bonds. The minimum atomic E-state index is -0.265. The Bertz CT molecular complexity index is 680. The standard InChI is InChI=1S/C15H20N6O2/c1-4-11-5-7-12(8-6-11)15-17-19-21(18-15)10-14(23)20(3)9-13(22)16-2/h5-8H,4,9-10H2,1-3H3,(H,16,22). The number of carbonyl (C=O) groups excluding carboxylic acids is 2. The molecule has 8 heteroatoms. The Hall–Kier alpha value is -2.77. The summed E-state index contributed by atoms with van der Waals surface area (Å²) in [6.07, 6.45) is 0.965. The lowest BCUT2D eigenvalue weighted by Gasteiger charge is -2.15. The molecule has 0 bridgehead atoms. The second-order valence-electron chi connectivity index (χ2n) is 5.12. The van der Waals surface area contributed by atoms with Gasteiger partial charge in [-0.05, 0) is 17.2 Å². The van der Waals surface area contributed by atoms with Crippen molar-refractivity contribution in [2.24, 2.45) is 0 Å². The number of hydrogen-bond acceptors (Lipinski definition) is 5. The third-order valence-electron chi connectivity index (χ3n) is 3.44. The summed E-state index contributed by atoms with van der Waals surface area (Å²) in [6, 6.07) is 7.89. The monoisotopic (exact) mass is 316 g/mol.